The van der Waals surface area contributed by atoms with Crippen LogP contribution in [0.25, 0.3) is 0 Å². The Bertz CT molecular complexity index is 695. The first-order chi connectivity index (χ1) is 10.6. The van der Waals surface area contributed by atoms with E-state index in [1.807, 2.05) is 12.1 Å². The van der Waals surface area contributed by atoms with E-state index < -0.39 is 7.71 Å². The van der Waals surface area contributed by atoms with Crippen LogP contribution in [0.5, 0.6) is 5.75 Å². The third-order valence-corrected chi connectivity index (χ3v) is 4.08. The van der Waals surface area contributed by atoms with Crippen molar-refractivity contribution in [2.45, 2.75) is 14.3 Å². The average Bonchev–Trinajstić information content (AvgIpc) is 2.92. The van der Waals surface area contributed by atoms with E-state index in [1.165, 1.54) is 6.08 Å². The SMILES string of the molecule is ClC(Cl)(Cl)C1=CC(c2ccc3c(c2)OOC3)=NN(C(Cl)(Cl)Cl)N1. The molecule has 0 aliphatic carbocycles. The highest BCUT2D eigenvalue weighted by Gasteiger charge is 2.37. The number of hydrazone groups is 1. The first-order valence-electron chi connectivity index (χ1n) is 6.08. The Morgan fingerprint density at radius 1 is 1.13 bits per heavy atom. The fraction of sp³-hybridized carbons (Fsp3) is 0.250. The highest BCUT2D eigenvalue weighted by atomic mass is 35.6. The summed E-state index contributed by atoms with van der Waals surface area (Å²) in [4.78, 5) is 9.96. The standard InChI is InChI=1S/C12H7Cl6N3O2/c13-11(14,15)10-4-8(19-21(20-10)12(16,17)18)6-1-2-7-5-22-23-9(7)3-6/h1-4,20H,5H2. The molecule has 5 nitrogen and oxygen atoms in total. The van der Waals surface area contributed by atoms with Gasteiger partial charge in [-0.25, -0.2) is 0 Å². The fourth-order valence-electron chi connectivity index (χ4n) is 1.92. The number of halogens is 6. The van der Waals surface area contributed by atoms with Gasteiger partial charge in [0.25, 0.3) is 0 Å². The quantitative estimate of drug-likeness (QED) is 0.395. The molecule has 1 aromatic rings. The maximum Gasteiger partial charge on any atom is 0.301 e. The van der Waals surface area contributed by atoms with E-state index in [-0.39, 0.29) is 5.70 Å². The minimum Gasteiger partial charge on any atom is -0.337 e. The van der Waals surface area contributed by atoms with Gasteiger partial charge in [0.05, 0.1) is 11.4 Å². The molecule has 124 valence electrons. The number of alkyl halides is 6. The number of rotatable bonds is 1. The van der Waals surface area contributed by atoms with Crippen molar-refractivity contribution in [3.05, 3.63) is 41.1 Å². The van der Waals surface area contributed by atoms with Crippen LogP contribution in [-0.2, 0) is 11.5 Å². The second-order valence-corrected chi connectivity index (χ2v) is 9.10. The molecule has 0 bridgehead atoms. The molecule has 1 aromatic carbocycles. The molecule has 2 aliphatic heterocycles. The smallest absolute Gasteiger partial charge is 0.301 e. The first-order valence-corrected chi connectivity index (χ1v) is 8.35. The Balaban J connectivity index is 2.03. The van der Waals surface area contributed by atoms with Gasteiger partial charge >= 0.3 is 3.92 Å². The largest absolute Gasteiger partial charge is 0.337 e. The van der Waals surface area contributed by atoms with Crippen LogP contribution in [0.1, 0.15) is 11.1 Å². The third-order valence-electron chi connectivity index (χ3n) is 2.99. The molecule has 3 rings (SSSR count). The lowest BCUT2D eigenvalue weighted by Crippen LogP contribution is -2.47. The Labute approximate surface area is 161 Å². The summed E-state index contributed by atoms with van der Waals surface area (Å²) in [6.07, 6.45) is 1.54. The lowest BCUT2D eigenvalue weighted by Gasteiger charge is -2.33. The van der Waals surface area contributed by atoms with Gasteiger partial charge in [-0.2, -0.15) is 15.1 Å². The van der Waals surface area contributed by atoms with Gasteiger partial charge in [0.2, 0.25) is 3.79 Å². The van der Waals surface area contributed by atoms with Gasteiger partial charge in [-0.15, -0.1) is 0 Å². The van der Waals surface area contributed by atoms with Gasteiger partial charge < -0.3 is 4.89 Å². The van der Waals surface area contributed by atoms with Crippen LogP contribution in [0.15, 0.2) is 35.1 Å². The zero-order valence-electron chi connectivity index (χ0n) is 11.0. The fourth-order valence-corrected chi connectivity index (χ4v) is 2.45. The maximum atomic E-state index is 5.92. The van der Waals surface area contributed by atoms with E-state index in [2.05, 4.69) is 10.5 Å². The van der Waals surface area contributed by atoms with Crippen LogP contribution in [0.3, 0.4) is 0 Å². The minimum absolute atomic E-state index is 0.177. The number of fused-ring (bicyclic) bond motifs is 1. The lowest BCUT2D eigenvalue weighted by molar-refractivity contribution is -0.194. The van der Waals surface area contributed by atoms with Crippen LogP contribution in [0.2, 0.25) is 0 Å². The van der Waals surface area contributed by atoms with Crippen molar-refractivity contribution < 1.29 is 9.78 Å². The molecule has 2 heterocycles. The average molecular weight is 438 g/mol. The Morgan fingerprint density at radius 2 is 1.87 bits per heavy atom. The highest BCUT2D eigenvalue weighted by Crippen LogP contribution is 2.38. The number of hydrazine groups is 1. The first kappa shape index (κ1) is 17.5. The minimum atomic E-state index is -1.89. The molecule has 0 unspecified atom stereocenters. The van der Waals surface area contributed by atoms with Gasteiger partial charge in [-0.05, 0) is 12.1 Å². The summed E-state index contributed by atoms with van der Waals surface area (Å²) in [7, 11) is 0. The van der Waals surface area contributed by atoms with Crippen LogP contribution < -0.4 is 10.3 Å². The van der Waals surface area contributed by atoms with Gasteiger partial charge in [0, 0.05) is 11.1 Å². The summed E-state index contributed by atoms with van der Waals surface area (Å²) in [6.45, 7) is 0.374. The van der Waals surface area contributed by atoms with E-state index >= 15 is 0 Å². The number of nitrogens with one attached hydrogen (secondary N) is 1. The van der Waals surface area contributed by atoms with E-state index in [0.29, 0.717) is 23.6 Å². The molecule has 11 heteroatoms. The number of hydrogen-bond acceptors (Lipinski definition) is 5. The number of allylic oxidation sites excluding steroid dienone is 2. The number of nitrogens with zero attached hydrogens (tertiary/aromatic N) is 2. The normalized spacial score (nSPS) is 17.9. The summed E-state index contributed by atoms with van der Waals surface area (Å²) < 4.78 is -3.65. The van der Waals surface area contributed by atoms with Gasteiger partial charge in [-0.3, -0.25) is 5.43 Å². The predicted octanol–water partition coefficient (Wildman–Crippen LogP) is 4.62. The molecule has 0 fully saturated rings. The van der Waals surface area contributed by atoms with Crippen molar-refractivity contribution in [2.24, 2.45) is 5.10 Å². The van der Waals surface area contributed by atoms with E-state index in [4.69, 9.17) is 79.4 Å². The van der Waals surface area contributed by atoms with Crippen molar-refractivity contribution in [2.75, 3.05) is 0 Å². The summed E-state index contributed by atoms with van der Waals surface area (Å²) in [6, 6.07) is 5.38. The third kappa shape index (κ3) is 3.87. The van der Waals surface area contributed by atoms with Crippen LogP contribution >= 0.6 is 69.6 Å². The Kier molecular flexibility index (Phi) is 4.75. The molecule has 23 heavy (non-hydrogen) atoms. The summed E-state index contributed by atoms with van der Waals surface area (Å²) in [5, 5.41) is 5.17. The van der Waals surface area contributed by atoms with Crippen LogP contribution in [0.4, 0.5) is 0 Å². The molecular weight excluding hydrogens is 431 g/mol. The molecule has 0 amide bonds. The van der Waals surface area contributed by atoms with E-state index in [9.17, 15) is 0 Å². The molecule has 0 atom stereocenters. The zero-order chi connectivity index (χ0) is 16.8. The second kappa shape index (κ2) is 6.23. The van der Waals surface area contributed by atoms with Crippen molar-refractivity contribution in [3.63, 3.8) is 0 Å². The molecule has 0 saturated heterocycles. The van der Waals surface area contributed by atoms with E-state index in [0.717, 1.165) is 10.7 Å². The lowest BCUT2D eigenvalue weighted by atomic mass is 10.1. The number of hydrogen-bond donors (Lipinski definition) is 1. The Morgan fingerprint density at radius 3 is 2.52 bits per heavy atom. The van der Waals surface area contributed by atoms with Crippen molar-refractivity contribution in [1.29, 1.82) is 0 Å². The van der Waals surface area contributed by atoms with Gasteiger partial charge in [0.1, 0.15) is 6.61 Å². The zero-order valence-corrected chi connectivity index (χ0v) is 15.5. The topological polar surface area (TPSA) is 46.1 Å². The summed E-state index contributed by atoms with van der Waals surface area (Å²) >= 11 is 35.3. The van der Waals surface area contributed by atoms with Crippen LogP contribution in [0, 0.1) is 0 Å². The monoisotopic (exact) mass is 435 g/mol. The van der Waals surface area contributed by atoms with E-state index in [1.54, 1.807) is 6.07 Å². The van der Waals surface area contributed by atoms with Crippen molar-refractivity contribution in [3.8, 4) is 5.75 Å². The summed E-state index contributed by atoms with van der Waals surface area (Å²) in [5.74, 6) is 0.577. The van der Waals surface area contributed by atoms with Gasteiger partial charge in [-0.1, -0.05) is 81.7 Å². The molecule has 0 spiro atoms. The highest BCUT2D eigenvalue weighted by molar-refractivity contribution is 6.69. The molecule has 0 radical (unpaired) electrons. The van der Waals surface area contributed by atoms with Crippen LogP contribution in [-0.4, -0.2) is 18.5 Å². The molecule has 2 aliphatic rings. The molecule has 1 N–H and O–H groups in total. The molecule has 0 aromatic heterocycles. The van der Waals surface area contributed by atoms with Crippen molar-refractivity contribution >= 4 is 75.3 Å². The summed E-state index contributed by atoms with van der Waals surface area (Å²) in [5.41, 5.74) is 4.81. The maximum absolute atomic E-state index is 5.92. The number of benzene rings is 1. The van der Waals surface area contributed by atoms with Gasteiger partial charge in [0.15, 0.2) is 5.75 Å². The molecular formula is C12H7Cl6N3O2. The molecule has 0 saturated carbocycles. The second-order valence-electron chi connectivity index (χ2n) is 4.60. The predicted molar refractivity (Wildman–Crippen MR) is 92.0 cm³/mol. The Hall–Kier alpha value is -0.270. The van der Waals surface area contributed by atoms with Crippen molar-refractivity contribution in [1.82, 2.24) is 10.5 Å².